The van der Waals surface area contributed by atoms with Gasteiger partial charge in [0.25, 0.3) is 0 Å². The highest BCUT2D eigenvalue weighted by molar-refractivity contribution is 7.80. The molecule has 1 aliphatic heterocycles. The number of hydrogen-bond acceptors (Lipinski definition) is 4. The van der Waals surface area contributed by atoms with E-state index in [0.717, 1.165) is 21.9 Å². The molecule has 0 bridgehead atoms. The highest BCUT2D eigenvalue weighted by Gasteiger charge is 2.25. The third-order valence-electron chi connectivity index (χ3n) is 3.07. The number of benzene rings is 1. The Hall–Kier alpha value is -1.78. The molecule has 0 amide bonds. The van der Waals surface area contributed by atoms with Gasteiger partial charge >= 0.3 is 0 Å². The second-order valence-corrected chi connectivity index (χ2v) is 5.02. The van der Waals surface area contributed by atoms with Crippen molar-refractivity contribution in [3.05, 3.63) is 66.3 Å². The van der Waals surface area contributed by atoms with Crippen molar-refractivity contribution in [1.82, 2.24) is 10.4 Å². The van der Waals surface area contributed by atoms with E-state index in [0.29, 0.717) is 0 Å². The molecule has 1 atom stereocenters. The summed E-state index contributed by atoms with van der Waals surface area (Å²) < 4.78 is 0. The summed E-state index contributed by atoms with van der Waals surface area (Å²) in [5.41, 5.74) is 5.45. The van der Waals surface area contributed by atoms with Crippen molar-refractivity contribution >= 4 is 18.5 Å². The summed E-state index contributed by atoms with van der Waals surface area (Å²) in [7, 11) is 1.98. The molecule has 0 saturated heterocycles. The maximum Gasteiger partial charge on any atom is 0.146 e. The van der Waals surface area contributed by atoms with Gasteiger partial charge in [-0.1, -0.05) is 43.0 Å². The lowest BCUT2D eigenvalue weighted by Gasteiger charge is -2.18. The van der Waals surface area contributed by atoms with Gasteiger partial charge in [0.05, 0.1) is 0 Å². The van der Waals surface area contributed by atoms with Crippen LogP contribution in [0.3, 0.4) is 0 Å². The summed E-state index contributed by atoms with van der Waals surface area (Å²) >= 11 is 4.38. The third kappa shape index (κ3) is 3.21. The zero-order valence-corrected chi connectivity index (χ0v) is 12.6. The summed E-state index contributed by atoms with van der Waals surface area (Å²) in [6.07, 6.45) is 7.64. The molecule has 20 heavy (non-hydrogen) atoms. The van der Waals surface area contributed by atoms with Gasteiger partial charge in [0.1, 0.15) is 12.0 Å². The Morgan fingerprint density at radius 3 is 2.95 bits per heavy atom. The van der Waals surface area contributed by atoms with Gasteiger partial charge in [-0.05, 0) is 24.6 Å². The van der Waals surface area contributed by atoms with Crippen LogP contribution in [0.15, 0.2) is 70.6 Å². The van der Waals surface area contributed by atoms with Crippen molar-refractivity contribution < 1.29 is 0 Å². The molecule has 104 valence electrons. The second-order valence-electron chi connectivity index (χ2n) is 4.51. The molecule has 2 rings (SSSR count). The normalized spacial score (nSPS) is 20.1. The van der Waals surface area contributed by atoms with Crippen LogP contribution in [0.4, 0.5) is 0 Å². The maximum absolute atomic E-state index is 4.75. The van der Waals surface area contributed by atoms with Crippen LogP contribution in [0.25, 0.3) is 0 Å². The van der Waals surface area contributed by atoms with E-state index in [2.05, 4.69) is 30.7 Å². The molecule has 1 unspecified atom stereocenters. The summed E-state index contributed by atoms with van der Waals surface area (Å²) in [4.78, 5) is 5.69. The van der Waals surface area contributed by atoms with Crippen molar-refractivity contribution in [3.8, 4) is 0 Å². The van der Waals surface area contributed by atoms with Crippen LogP contribution in [-0.2, 0) is 0 Å². The zero-order valence-electron chi connectivity index (χ0n) is 11.7. The van der Waals surface area contributed by atoms with Gasteiger partial charge in [0.2, 0.25) is 0 Å². The fraction of sp³-hybridized carbons (Fsp3) is 0.188. The van der Waals surface area contributed by atoms with Crippen LogP contribution in [0, 0.1) is 0 Å². The van der Waals surface area contributed by atoms with Crippen molar-refractivity contribution in [1.29, 1.82) is 0 Å². The molecule has 0 radical (unpaired) electrons. The van der Waals surface area contributed by atoms with Gasteiger partial charge in [-0.2, -0.15) is 5.01 Å². The maximum atomic E-state index is 4.75. The van der Waals surface area contributed by atoms with Gasteiger partial charge in [0.15, 0.2) is 0 Å². The summed E-state index contributed by atoms with van der Waals surface area (Å²) in [6, 6.07) is 8.05. The van der Waals surface area contributed by atoms with E-state index < -0.39 is 0 Å². The van der Waals surface area contributed by atoms with Crippen molar-refractivity contribution in [3.63, 3.8) is 0 Å². The fourth-order valence-corrected chi connectivity index (χ4v) is 2.31. The number of amidine groups is 1. The molecule has 1 heterocycles. The number of allylic oxidation sites excluding steroid dienone is 3. The van der Waals surface area contributed by atoms with Gasteiger partial charge in [-0.25, -0.2) is 4.99 Å². The van der Waals surface area contributed by atoms with E-state index in [1.54, 1.807) is 6.08 Å². The molecular formula is C16H19N3S. The minimum Gasteiger partial charge on any atom is -0.301 e. The third-order valence-corrected chi connectivity index (χ3v) is 3.34. The van der Waals surface area contributed by atoms with E-state index in [4.69, 9.17) is 4.99 Å². The van der Waals surface area contributed by atoms with E-state index in [-0.39, 0.29) is 6.17 Å². The van der Waals surface area contributed by atoms with Crippen LogP contribution < -0.4 is 5.43 Å². The predicted molar refractivity (Wildman–Crippen MR) is 87.9 cm³/mol. The Balaban J connectivity index is 2.29. The van der Waals surface area contributed by atoms with Gasteiger partial charge in [0, 0.05) is 17.5 Å². The Morgan fingerprint density at radius 2 is 2.30 bits per heavy atom. The van der Waals surface area contributed by atoms with Crippen molar-refractivity contribution in [2.45, 2.75) is 18.0 Å². The first-order valence-corrected chi connectivity index (χ1v) is 6.92. The van der Waals surface area contributed by atoms with Crippen LogP contribution >= 0.6 is 12.6 Å². The molecule has 0 fully saturated rings. The number of hydrazine groups is 1. The molecule has 0 spiro atoms. The summed E-state index contributed by atoms with van der Waals surface area (Å²) in [5, 5.41) is 1.99. The molecular weight excluding hydrogens is 266 g/mol. The molecule has 0 aromatic heterocycles. The largest absolute Gasteiger partial charge is 0.301 e. The first-order chi connectivity index (χ1) is 9.65. The van der Waals surface area contributed by atoms with Gasteiger partial charge in [-0.3, -0.25) is 0 Å². The lowest BCUT2D eigenvalue weighted by molar-refractivity contribution is 0.242. The number of nitrogens with one attached hydrogen (secondary N) is 1. The lowest BCUT2D eigenvalue weighted by atomic mass is 10.1. The Kier molecular flexibility index (Phi) is 4.82. The molecule has 3 nitrogen and oxygen atoms in total. The van der Waals surface area contributed by atoms with E-state index >= 15 is 0 Å². The monoisotopic (exact) mass is 285 g/mol. The molecule has 0 saturated carbocycles. The molecule has 1 N–H and O–H groups in total. The van der Waals surface area contributed by atoms with E-state index in [1.807, 2.05) is 55.4 Å². The molecule has 1 aromatic carbocycles. The van der Waals surface area contributed by atoms with Crippen LogP contribution in [0.5, 0.6) is 0 Å². The molecule has 4 heteroatoms. The topological polar surface area (TPSA) is 27.6 Å². The standard InChI is InChI=1S/C16H19N3S/c1-4-6-8-12(5-2)15-17-16(19(3)18-15)13-9-7-10-14(20)11-13/h4-11,16,20H,1H2,2-3H3,(H,17,18)/b8-6-,12-5+. The second kappa shape index (κ2) is 6.59. The van der Waals surface area contributed by atoms with Crippen LogP contribution in [-0.4, -0.2) is 17.9 Å². The minimum absolute atomic E-state index is 0.0378. The van der Waals surface area contributed by atoms with Crippen molar-refractivity contribution in [2.24, 2.45) is 4.99 Å². The van der Waals surface area contributed by atoms with Crippen molar-refractivity contribution in [2.75, 3.05) is 7.05 Å². The van der Waals surface area contributed by atoms with Crippen LogP contribution in [0.2, 0.25) is 0 Å². The number of thiol groups is 1. The molecule has 0 aliphatic carbocycles. The van der Waals surface area contributed by atoms with Gasteiger partial charge in [-0.15, -0.1) is 12.6 Å². The van der Waals surface area contributed by atoms with E-state index in [9.17, 15) is 0 Å². The number of hydrogen-bond donors (Lipinski definition) is 2. The predicted octanol–water partition coefficient (Wildman–Crippen LogP) is 3.51. The smallest absolute Gasteiger partial charge is 0.146 e. The lowest BCUT2D eigenvalue weighted by Crippen LogP contribution is -2.34. The van der Waals surface area contributed by atoms with E-state index in [1.165, 1.54) is 0 Å². The summed E-state index contributed by atoms with van der Waals surface area (Å²) in [5.74, 6) is 0.864. The average Bonchev–Trinajstić information content (AvgIpc) is 2.82. The summed E-state index contributed by atoms with van der Waals surface area (Å²) in [6.45, 7) is 5.68. The number of nitrogens with zero attached hydrogens (tertiary/aromatic N) is 2. The Bertz CT molecular complexity index is 587. The molecule has 1 aliphatic rings. The first-order valence-electron chi connectivity index (χ1n) is 6.47. The Labute approximate surface area is 125 Å². The minimum atomic E-state index is -0.0378. The average molecular weight is 285 g/mol. The highest BCUT2D eigenvalue weighted by atomic mass is 32.1. The fourth-order valence-electron chi connectivity index (χ4n) is 2.07. The zero-order chi connectivity index (χ0) is 14.5. The number of rotatable bonds is 4. The van der Waals surface area contributed by atoms with Gasteiger partial charge < -0.3 is 5.43 Å². The Morgan fingerprint density at radius 1 is 1.50 bits per heavy atom. The number of aliphatic imine (C=N–C) groups is 1. The van der Waals surface area contributed by atoms with Crippen LogP contribution in [0.1, 0.15) is 18.7 Å². The molecule has 1 aromatic rings. The SMILES string of the molecule is C=C/C=C\C(=C/C)C1=NC(c2cccc(S)c2)N(C)N1. The highest BCUT2D eigenvalue weighted by Crippen LogP contribution is 2.26. The quantitative estimate of drug-likeness (QED) is 0.654. The first kappa shape index (κ1) is 14.6.